The fraction of sp³-hybridized carbons (Fsp3) is 0.526. The first-order chi connectivity index (χ1) is 11.4. The Hall–Kier alpha value is -2.24. The van der Waals surface area contributed by atoms with Crippen molar-refractivity contribution < 1.29 is 13.9 Å². The van der Waals surface area contributed by atoms with Gasteiger partial charge in [0.05, 0.1) is 23.3 Å². The molecule has 138 valence electrons. The number of amides is 1. The van der Waals surface area contributed by atoms with E-state index in [4.69, 9.17) is 10.5 Å². The van der Waals surface area contributed by atoms with Crippen LogP contribution < -0.4 is 11.1 Å². The Labute approximate surface area is 148 Å². The molecular weight excluding hydrogens is 321 g/mol. The Balaban J connectivity index is 2.51. The van der Waals surface area contributed by atoms with Gasteiger partial charge >= 0.3 is 6.09 Å². The molecule has 1 amide bonds. The van der Waals surface area contributed by atoms with Gasteiger partial charge in [-0.1, -0.05) is 20.8 Å². The second-order valence-corrected chi connectivity index (χ2v) is 8.03. The highest BCUT2D eigenvalue weighted by atomic mass is 19.1. The van der Waals surface area contributed by atoms with Crippen molar-refractivity contribution in [3.05, 3.63) is 29.7 Å². The summed E-state index contributed by atoms with van der Waals surface area (Å²) < 4.78 is 21.1. The number of hydrogen-bond acceptors (Lipinski definition) is 3. The molecule has 25 heavy (non-hydrogen) atoms. The van der Waals surface area contributed by atoms with E-state index in [0.717, 1.165) is 16.6 Å². The predicted molar refractivity (Wildman–Crippen MR) is 99.2 cm³/mol. The van der Waals surface area contributed by atoms with Gasteiger partial charge in [0.25, 0.3) is 0 Å². The Bertz CT molecular complexity index is 788. The van der Waals surface area contributed by atoms with Crippen molar-refractivity contribution in [2.75, 3.05) is 12.3 Å². The molecule has 0 fully saturated rings. The van der Waals surface area contributed by atoms with Gasteiger partial charge in [0.2, 0.25) is 0 Å². The van der Waals surface area contributed by atoms with Crippen LogP contribution in [-0.4, -0.2) is 22.8 Å². The number of carbonyl (C=O) groups excluding carboxylic acids is 1. The normalized spacial score (nSPS) is 12.4. The Kier molecular flexibility index (Phi) is 5.02. The number of ether oxygens (including phenoxy) is 1. The van der Waals surface area contributed by atoms with Crippen molar-refractivity contribution in [3.63, 3.8) is 0 Å². The zero-order valence-electron chi connectivity index (χ0n) is 15.9. The molecule has 0 atom stereocenters. The first-order valence-electron chi connectivity index (χ1n) is 8.48. The summed E-state index contributed by atoms with van der Waals surface area (Å²) in [6.45, 7) is 12.7. The maximum Gasteiger partial charge on any atom is 0.407 e. The van der Waals surface area contributed by atoms with Crippen LogP contribution >= 0.6 is 0 Å². The number of nitrogens with one attached hydrogen (secondary N) is 1. The third kappa shape index (κ3) is 4.24. The van der Waals surface area contributed by atoms with Gasteiger partial charge in [-0.3, -0.25) is 0 Å². The van der Waals surface area contributed by atoms with Crippen LogP contribution in [0.5, 0.6) is 0 Å². The van der Waals surface area contributed by atoms with E-state index in [0.29, 0.717) is 13.2 Å². The van der Waals surface area contributed by atoms with Crippen LogP contribution in [0.3, 0.4) is 0 Å². The van der Waals surface area contributed by atoms with Crippen LogP contribution in [0.2, 0.25) is 0 Å². The highest BCUT2D eigenvalue weighted by molar-refractivity contribution is 5.85. The average Bonchev–Trinajstić information content (AvgIpc) is 2.76. The smallest absolute Gasteiger partial charge is 0.407 e. The molecule has 0 saturated carbocycles. The number of halogens is 1. The SMILES string of the molecule is CCOC(=O)NC(C)(C)Cn1c(C(C)(C)C)cc2cc(N)c(F)cc21. The van der Waals surface area contributed by atoms with Gasteiger partial charge in [-0.05, 0) is 32.9 Å². The van der Waals surface area contributed by atoms with Crippen LogP contribution in [-0.2, 0) is 16.7 Å². The molecule has 0 aliphatic carbocycles. The van der Waals surface area contributed by atoms with Gasteiger partial charge < -0.3 is 20.4 Å². The minimum Gasteiger partial charge on any atom is -0.450 e. The third-order valence-electron chi connectivity index (χ3n) is 4.06. The number of nitrogen functional groups attached to an aromatic ring is 1. The Morgan fingerprint density at radius 2 is 1.88 bits per heavy atom. The molecular formula is C19H28FN3O2. The van der Waals surface area contributed by atoms with Gasteiger partial charge in [0.15, 0.2) is 0 Å². The maximum atomic E-state index is 14.0. The summed E-state index contributed by atoms with van der Waals surface area (Å²) in [5.74, 6) is -0.441. The third-order valence-corrected chi connectivity index (χ3v) is 4.06. The Morgan fingerprint density at radius 3 is 2.44 bits per heavy atom. The molecule has 0 radical (unpaired) electrons. The van der Waals surface area contributed by atoms with Crippen LogP contribution in [0, 0.1) is 5.82 Å². The second kappa shape index (κ2) is 6.58. The fourth-order valence-corrected chi connectivity index (χ4v) is 2.97. The standard InChI is InChI=1S/C19H28FN3O2/c1-7-25-17(24)22-19(5,6)11-23-15-10-13(20)14(21)8-12(15)9-16(23)18(2,3)4/h8-10H,7,11,21H2,1-6H3,(H,22,24). The summed E-state index contributed by atoms with van der Waals surface area (Å²) in [6, 6.07) is 5.15. The van der Waals surface area contributed by atoms with Crippen molar-refractivity contribution in [3.8, 4) is 0 Å². The molecule has 0 aliphatic heterocycles. The number of nitrogens with zero attached hydrogens (tertiary/aromatic N) is 1. The summed E-state index contributed by atoms with van der Waals surface area (Å²) in [4.78, 5) is 11.8. The van der Waals surface area contributed by atoms with Crippen molar-refractivity contribution >= 4 is 22.7 Å². The summed E-state index contributed by atoms with van der Waals surface area (Å²) >= 11 is 0. The summed E-state index contributed by atoms with van der Waals surface area (Å²) in [7, 11) is 0. The van der Waals surface area contributed by atoms with Gasteiger partial charge in [-0.25, -0.2) is 9.18 Å². The second-order valence-electron chi connectivity index (χ2n) is 8.03. The number of fused-ring (bicyclic) bond motifs is 1. The fourth-order valence-electron chi connectivity index (χ4n) is 2.97. The summed E-state index contributed by atoms with van der Waals surface area (Å²) in [6.07, 6.45) is -0.461. The molecule has 5 nitrogen and oxygen atoms in total. The van der Waals surface area contributed by atoms with E-state index >= 15 is 0 Å². The monoisotopic (exact) mass is 349 g/mol. The molecule has 1 aromatic heterocycles. The summed E-state index contributed by atoms with van der Waals surface area (Å²) in [5, 5.41) is 3.75. The quantitative estimate of drug-likeness (QED) is 0.813. The lowest BCUT2D eigenvalue weighted by Gasteiger charge is -2.30. The molecule has 1 heterocycles. The van der Waals surface area contributed by atoms with Crippen molar-refractivity contribution in [2.45, 2.75) is 59.0 Å². The van der Waals surface area contributed by atoms with Crippen molar-refractivity contribution in [1.82, 2.24) is 9.88 Å². The van der Waals surface area contributed by atoms with Gasteiger partial charge in [-0.2, -0.15) is 0 Å². The number of alkyl carbamates (subject to hydrolysis) is 1. The molecule has 2 aromatic rings. The van der Waals surface area contributed by atoms with Gasteiger partial charge in [-0.15, -0.1) is 0 Å². The number of nitrogens with two attached hydrogens (primary N) is 1. The number of carbonyl (C=O) groups is 1. The van der Waals surface area contributed by atoms with E-state index in [2.05, 4.69) is 26.1 Å². The number of anilines is 1. The minimum absolute atomic E-state index is 0.133. The zero-order valence-corrected chi connectivity index (χ0v) is 15.9. The van der Waals surface area contributed by atoms with Gasteiger partial charge in [0.1, 0.15) is 5.82 Å². The van der Waals surface area contributed by atoms with E-state index in [1.165, 1.54) is 6.07 Å². The van der Waals surface area contributed by atoms with E-state index in [9.17, 15) is 9.18 Å². The van der Waals surface area contributed by atoms with Crippen LogP contribution in [0.15, 0.2) is 18.2 Å². The number of benzene rings is 1. The number of rotatable bonds is 4. The number of aromatic nitrogens is 1. The van der Waals surface area contributed by atoms with Gasteiger partial charge in [0, 0.05) is 29.1 Å². The predicted octanol–water partition coefficient (Wildman–Crippen LogP) is 4.18. The van der Waals surface area contributed by atoms with Crippen molar-refractivity contribution in [1.29, 1.82) is 0 Å². The van der Waals surface area contributed by atoms with Crippen LogP contribution in [0.1, 0.15) is 47.2 Å². The van der Waals surface area contributed by atoms with E-state index in [1.807, 2.05) is 24.5 Å². The molecule has 0 spiro atoms. The van der Waals surface area contributed by atoms with Crippen LogP contribution in [0.25, 0.3) is 10.9 Å². The molecule has 1 aromatic carbocycles. The summed E-state index contributed by atoms with van der Waals surface area (Å²) in [5.41, 5.74) is 6.94. The highest BCUT2D eigenvalue weighted by Crippen LogP contribution is 2.32. The lowest BCUT2D eigenvalue weighted by atomic mass is 9.91. The van der Waals surface area contributed by atoms with E-state index in [1.54, 1.807) is 13.0 Å². The zero-order chi connectivity index (χ0) is 19.0. The molecule has 3 N–H and O–H groups in total. The minimum atomic E-state index is -0.573. The highest BCUT2D eigenvalue weighted by Gasteiger charge is 2.28. The van der Waals surface area contributed by atoms with Crippen molar-refractivity contribution in [2.24, 2.45) is 0 Å². The lowest BCUT2D eigenvalue weighted by molar-refractivity contribution is 0.139. The number of hydrogen-bond donors (Lipinski definition) is 2. The van der Waals surface area contributed by atoms with E-state index in [-0.39, 0.29) is 11.1 Å². The first-order valence-corrected chi connectivity index (χ1v) is 8.48. The Morgan fingerprint density at radius 1 is 1.24 bits per heavy atom. The maximum absolute atomic E-state index is 14.0. The largest absolute Gasteiger partial charge is 0.450 e. The average molecular weight is 349 g/mol. The molecule has 0 saturated heterocycles. The molecule has 2 rings (SSSR count). The molecule has 0 bridgehead atoms. The lowest BCUT2D eigenvalue weighted by Crippen LogP contribution is -2.47. The topological polar surface area (TPSA) is 69.3 Å². The molecule has 6 heteroatoms. The first kappa shape index (κ1) is 19.1. The van der Waals surface area contributed by atoms with Crippen LogP contribution in [0.4, 0.5) is 14.9 Å². The molecule has 0 aliphatic rings. The molecule has 0 unspecified atom stereocenters. The van der Waals surface area contributed by atoms with E-state index < -0.39 is 17.4 Å².